The zero-order valence-electron chi connectivity index (χ0n) is 24.7. The third kappa shape index (κ3) is 30.3. The summed E-state index contributed by atoms with van der Waals surface area (Å²) in [6.07, 6.45) is 32.0. The van der Waals surface area contributed by atoms with E-state index in [1.54, 1.807) is 0 Å². The topological polar surface area (TPSA) is 3.24 Å². The van der Waals surface area contributed by atoms with E-state index in [1.807, 2.05) is 0 Å². The Morgan fingerprint density at radius 3 is 0.853 bits per heavy atom. The molecule has 0 saturated heterocycles. The maximum atomic E-state index is 2.70. The molecule has 0 aliphatic rings. The molecule has 0 rings (SSSR count). The Kier molecular flexibility index (Phi) is 31.6. The van der Waals surface area contributed by atoms with Gasteiger partial charge >= 0.3 is 0 Å². The Morgan fingerprint density at radius 1 is 0.382 bits per heavy atom. The number of unbranched alkanes of at least 4 members (excludes halogenated alkanes) is 18. The van der Waals surface area contributed by atoms with Gasteiger partial charge in [0.05, 0.1) is 0 Å². The first-order valence-electron chi connectivity index (χ1n) is 15.8. The zero-order chi connectivity index (χ0) is 24.4. The van der Waals surface area contributed by atoms with E-state index in [-0.39, 0.29) is 12.4 Å². The second kappa shape index (κ2) is 29.5. The molecule has 0 bridgehead atoms. The Morgan fingerprint density at radius 2 is 0.618 bits per heavy atom. The van der Waals surface area contributed by atoms with Gasteiger partial charge in [0.2, 0.25) is 0 Å². The molecule has 0 fully saturated rings. The molecular weight excluding hydrogens is 434 g/mol. The lowest BCUT2D eigenvalue weighted by Crippen LogP contribution is -2.25. The molecular formula is C32H68ClN. The molecule has 34 heavy (non-hydrogen) atoms. The average molecular weight is 502 g/mol. The van der Waals surface area contributed by atoms with Crippen LogP contribution in [0.5, 0.6) is 0 Å². The van der Waals surface area contributed by atoms with Crippen molar-refractivity contribution in [3.05, 3.63) is 0 Å². The van der Waals surface area contributed by atoms with Crippen molar-refractivity contribution in [2.24, 2.45) is 11.8 Å². The molecule has 2 heteroatoms. The van der Waals surface area contributed by atoms with Crippen molar-refractivity contribution in [1.82, 2.24) is 4.90 Å². The van der Waals surface area contributed by atoms with Crippen LogP contribution in [-0.2, 0) is 0 Å². The van der Waals surface area contributed by atoms with E-state index >= 15 is 0 Å². The summed E-state index contributed by atoms with van der Waals surface area (Å²) in [7, 11) is 0. The molecule has 0 spiro atoms. The Labute approximate surface area is 224 Å². The van der Waals surface area contributed by atoms with Gasteiger partial charge in [-0.2, -0.15) is 0 Å². The largest absolute Gasteiger partial charge is 0.304 e. The van der Waals surface area contributed by atoms with Crippen LogP contribution in [0.1, 0.15) is 176 Å². The molecule has 0 saturated carbocycles. The van der Waals surface area contributed by atoms with Crippen molar-refractivity contribution in [2.45, 2.75) is 176 Å². The van der Waals surface area contributed by atoms with Gasteiger partial charge in [-0.25, -0.2) is 0 Å². The first kappa shape index (κ1) is 36.4. The maximum absolute atomic E-state index is 2.70. The number of nitrogens with zero attached hydrogens (tertiary/aromatic N) is 1. The van der Waals surface area contributed by atoms with Gasteiger partial charge < -0.3 is 4.90 Å². The highest BCUT2D eigenvalue weighted by Crippen LogP contribution is 2.15. The van der Waals surface area contributed by atoms with Crippen LogP contribution >= 0.6 is 12.4 Å². The molecule has 208 valence electrons. The lowest BCUT2D eigenvalue weighted by atomic mass is 10.0. The van der Waals surface area contributed by atoms with Crippen LogP contribution in [0, 0.1) is 11.8 Å². The van der Waals surface area contributed by atoms with Crippen molar-refractivity contribution in [3.8, 4) is 0 Å². The summed E-state index contributed by atoms with van der Waals surface area (Å²) in [6, 6.07) is 0. The molecule has 0 radical (unpaired) electrons. The number of halogens is 1. The van der Waals surface area contributed by atoms with Crippen molar-refractivity contribution in [3.63, 3.8) is 0 Å². The number of hydrogen-bond acceptors (Lipinski definition) is 1. The van der Waals surface area contributed by atoms with Gasteiger partial charge in [0.1, 0.15) is 0 Å². The fraction of sp³-hybridized carbons (Fsp3) is 1.00. The minimum Gasteiger partial charge on any atom is -0.304 e. The average Bonchev–Trinajstić information content (AvgIpc) is 2.78. The second-order valence-electron chi connectivity index (χ2n) is 11.9. The lowest BCUT2D eigenvalue weighted by molar-refractivity contribution is 0.273. The summed E-state index contributed by atoms with van der Waals surface area (Å²) in [6.45, 7) is 15.7. The van der Waals surface area contributed by atoms with Gasteiger partial charge in [-0.1, -0.05) is 163 Å². The normalized spacial score (nSPS) is 11.6. The van der Waals surface area contributed by atoms with Crippen molar-refractivity contribution in [2.75, 3.05) is 19.6 Å². The summed E-state index contributed by atoms with van der Waals surface area (Å²) in [5.41, 5.74) is 0. The van der Waals surface area contributed by atoms with Crippen molar-refractivity contribution < 1.29 is 0 Å². The minimum absolute atomic E-state index is 0. The van der Waals surface area contributed by atoms with Gasteiger partial charge in [0.15, 0.2) is 0 Å². The van der Waals surface area contributed by atoms with Crippen LogP contribution in [0.4, 0.5) is 0 Å². The molecule has 0 heterocycles. The molecule has 0 aromatic rings. The third-order valence-corrected chi connectivity index (χ3v) is 7.46. The van der Waals surface area contributed by atoms with E-state index in [0.29, 0.717) is 0 Å². The van der Waals surface area contributed by atoms with Crippen LogP contribution in [-0.4, -0.2) is 24.5 Å². The van der Waals surface area contributed by atoms with Crippen LogP contribution in [0.2, 0.25) is 0 Å². The lowest BCUT2D eigenvalue weighted by Gasteiger charge is -2.20. The SMILES string of the molecule is CCN(CCCCCCCCCCCCC(C)C)CCCCCCCCCCCCC(C)C.Cl. The van der Waals surface area contributed by atoms with Gasteiger partial charge in [0, 0.05) is 0 Å². The monoisotopic (exact) mass is 502 g/mol. The highest BCUT2D eigenvalue weighted by atomic mass is 35.5. The van der Waals surface area contributed by atoms with Crippen molar-refractivity contribution in [1.29, 1.82) is 0 Å². The van der Waals surface area contributed by atoms with Gasteiger partial charge in [0.25, 0.3) is 0 Å². The molecule has 0 aromatic carbocycles. The van der Waals surface area contributed by atoms with Crippen LogP contribution in [0.3, 0.4) is 0 Å². The highest BCUT2D eigenvalue weighted by Gasteiger charge is 2.02. The number of rotatable bonds is 27. The smallest absolute Gasteiger partial charge is 0.00189 e. The Balaban J connectivity index is 0. The zero-order valence-corrected chi connectivity index (χ0v) is 25.5. The first-order valence-corrected chi connectivity index (χ1v) is 15.8. The summed E-state index contributed by atoms with van der Waals surface area (Å²) in [5, 5.41) is 0. The van der Waals surface area contributed by atoms with Gasteiger partial charge in [-0.15, -0.1) is 12.4 Å². The van der Waals surface area contributed by atoms with Crippen molar-refractivity contribution >= 4 is 12.4 Å². The Bertz CT molecular complexity index is 323. The Hall–Kier alpha value is 0.250. The van der Waals surface area contributed by atoms with Gasteiger partial charge in [-0.05, 0) is 44.3 Å². The highest BCUT2D eigenvalue weighted by molar-refractivity contribution is 5.85. The molecule has 0 aromatic heterocycles. The molecule has 0 amide bonds. The quantitative estimate of drug-likeness (QED) is 0.101. The van der Waals surface area contributed by atoms with E-state index in [1.165, 1.54) is 161 Å². The summed E-state index contributed by atoms with van der Waals surface area (Å²) < 4.78 is 0. The van der Waals surface area contributed by atoms with Crippen LogP contribution in [0.25, 0.3) is 0 Å². The van der Waals surface area contributed by atoms with Crippen LogP contribution < -0.4 is 0 Å². The standard InChI is InChI=1S/C32H67N.ClH/c1-6-33(29-25-21-17-13-9-7-11-15-19-23-27-31(2)3)30-26-22-18-14-10-8-12-16-20-24-28-32(4)5;/h31-32H,6-30H2,1-5H3;1H. The molecule has 1 nitrogen and oxygen atoms in total. The fourth-order valence-corrected chi connectivity index (χ4v) is 5.03. The first-order chi connectivity index (χ1) is 16.1. The van der Waals surface area contributed by atoms with E-state index in [2.05, 4.69) is 39.5 Å². The summed E-state index contributed by atoms with van der Waals surface area (Å²) in [4.78, 5) is 2.70. The predicted octanol–water partition coefficient (Wildman–Crippen LogP) is 11.6. The third-order valence-electron chi connectivity index (χ3n) is 7.46. The summed E-state index contributed by atoms with van der Waals surface area (Å²) >= 11 is 0. The second-order valence-corrected chi connectivity index (χ2v) is 11.9. The van der Waals surface area contributed by atoms with Crippen LogP contribution in [0.15, 0.2) is 0 Å². The van der Waals surface area contributed by atoms with E-state index in [0.717, 1.165) is 11.8 Å². The summed E-state index contributed by atoms with van der Waals surface area (Å²) in [5.74, 6) is 1.78. The molecule has 0 N–H and O–H groups in total. The maximum Gasteiger partial charge on any atom is -0.00189 e. The molecule has 0 unspecified atom stereocenters. The van der Waals surface area contributed by atoms with Gasteiger partial charge in [-0.3, -0.25) is 0 Å². The fourth-order valence-electron chi connectivity index (χ4n) is 5.03. The van der Waals surface area contributed by atoms with E-state index in [4.69, 9.17) is 0 Å². The predicted molar refractivity (Wildman–Crippen MR) is 161 cm³/mol. The number of hydrogen-bond donors (Lipinski definition) is 0. The molecule has 0 aliphatic heterocycles. The molecule has 0 aliphatic carbocycles. The molecule has 0 atom stereocenters. The minimum atomic E-state index is 0. The van der Waals surface area contributed by atoms with E-state index in [9.17, 15) is 0 Å². The van der Waals surface area contributed by atoms with E-state index < -0.39 is 0 Å².